The number of carbonyl (C=O) groups excluding carboxylic acids is 2. The van der Waals surface area contributed by atoms with E-state index in [4.69, 9.17) is 9.47 Å². The number of amides is 2. The van der Waals surface area contributed by atoms with E-state index in [1.54, 1.807) is 6.20 Å². The summed E-state index contributed by atoms with van der Waals surface area (Å²) in [6.07, 6.45) is 2.90. The Bertz CT molecular complexity index is 1380. The second-order valence-electron chi connectivity index (χ2n) is 10.4. The van der Waals surface area contributed by atoms with Gasteiger partial charge in [-0.25, -0.2) is 14.6 Å². The first-order chi connectivity index (χ1) is 18.8. The third-order valence-corrected chi connectivity index (χ3v) is 6.08. The number of alkyl carbamates (subject to hydrolysis) is 2. The summed E-state index contributed by atoms with van der Waals surface area (Å²) in [6, 6.07) is 23.6. The zero-order chi connectivity index (χ0) is 27.7. The number of fused-ring (bicyclic) bond motifs is 1. The van der Waals surface area contributed by atoms with Gasteiger partial charge in [-0.2, -0.15) is 0 Å². The Kier molecular flexibility index (Phi) is 9.20. The van der Waals surface area contributed by atoms with Crippen molar-refractivity contribution in [3.05, 3.63) is 90.4 Å². The van der Waals surface area contributed by atoms with Crippen molar-refractivity contribution in [2.24, 2.45) is 0 Å². The standard InChI is InChI=1S/C31H36N4O4/c1-31(2,3)39-29(36)32-18-10-9-15-26(35-30(37)38-21-22-11-5-4-6-12-22)28-33-20-27(34-28)25-17-16-23-13-7-8-14-24(23)19-25/h4-8,11-14,16-17,19-20,26H,9-10,15,18,21H2,1-3H3,(H,32,36)(H,33,34)(H,35,37)/t26-/m0/s1. The predicted octanol–water partition coefficient (Wildman–Crippen LogP) is 6.89. The minimum atomic E-state index is -0.540. The third kappa shape index (κ3) is 8.60. The Morgan fingerprint density at radius 1 is 0.923 bits per heavy atom. The van der Waals surface area contributed by atoms with Crippen LogP contribution in [-0.2, 0) is 16.1 Å². The van der Waals surface area contributed by atoms with Crippen molar-refractivity contribution in [3.63, 3.8) is 0 Å². The summed E-state index contributed by atoms with van der Waals surface area (Å²) in [5.41, 5.74) is 2.25. The van der Waals surface area contributed by atoms with E-state index < -0.39 is 17.8 Å². The van der Waals surface area contributed by atoms with Gasteiger partial charge in [0.15, 0.2) is 0 Å². The van der Waals surface area contributed by atoms with Crippen molar-refractivity contribution in [2.75, 3.05) is 6.54 Å². The summed E-state index contributed by atoms with van der Waals surface area (Å²) in [5, 5.41) is 8.05. The Labute approximate surface area is 229 Å². The Balaban J connectivity index is 1.40. The van der Waals surface area contributed by atoms with Gasteiger partial charge in [-0.05, 0) is 62.4 Å². The number of rotatable bonds is 10. The minimum absolute atomic E-state index is 0.180. The van der Waals surface area contributed by atoms with Gasteiger partial charge >= 0.3 is 12.2 Å². The summed E-state index contributed by atoms with van der Waals surface area (Å²) < 4.78 is 10.7. The average molecular weight is 529 g/mol. The monoisotopic (exact) mass is 528 g/mol. The summed E-state index contributed by atoms with van der Waals surface area (Å²) >= 11 is 0. The highest BCUT2D eigenvalue weighted by Crippen LogP contribution is 2.25. The van der Waals surface area contributed by atoms with Crippen LogP contribution in [0, 0.1) is 0 Å². The van der Waals surface area contributed by atoms with Crippen molar-refractivity contribution in [1.82, 2.24) is 20.6 Å². The van der Waals surface area contributed by atoms with Gasteiger partial charge in [0.1, 0.15) is 18.0 Å². The molecule has 0 aliphatic heterocycles. The van der Waals surface area contributed by atoms with Gasteiger partial charge in [0.25, 0.3) is 0 Å². The van der Waals surface area contributed by atoms with Crippen LogP contribution in [0.4, 0.5) is 9.59 Å². The maximum Gasteiger partial charge on any atom is 0.408 e. The fourth-order valence-corrected chi connectivity index (χ4v) is 4.18. The van der Waals surface area contributed by atoms with Gasteiger partial charge < -0.3 is 25.1 Å². The van der Waals surface area contributed by atoms with E-state index >= 15 is 0 Å². The maximum absolute atomic E-state index is 12.7. The smallest absolute Gasteiger partial charge is 0.408 e. The van der Waals surface area contributed by atoms with E-state index in [0.29, 0.717) is 25.2 Å². The minimum Gasteiger partial charge on any atom is -0.445 e. The molecule has 2 amide bonds. The molecule has 0 saturated heterocycles. The topological polar surface area (TPSA) is 105 Å². The van der Waals surface area contributed by atoms with Crippen LogP contribution >= 0.6 is 0 Å². The molecule has 0 bridgehead atoms. The van der Waals surface area contributed by atoms with Crippen molar-refractivity contribution < 1.29 is 19.1 Å². The van der Waals surface area contributed by atoms with Crippen LogP contribution in [-0.4, -0.2) is 34.3 Å². The molecular formula is C31H36N4O4. The predicted molar refractivity (Wildman–Crippen MR) is 152 cm³/mol. The normalized spacial score (nSPS) is 12.1. The van der Waals surface area contributed by atoms with Crippen LogP contribution < -0.4 is 10.6 Å². The van der Waals surface area contributed by atoms with Crippen LogP contribution in [0.1, 0.15) is 57.5 Å². The molecule has 0 spiro atoms. The summed E-state index contributed by atoms with van der Waals surface area (Å²) in [5.74, 6) is 0.648. The van der Waals surface area contributed by atoms with E-state index in [-0.39, 0.29) is 12.6 Å². The molecule has 3 aromatic carbocycles. The molecule has 1 heterocycles. The number of aromatic amines is 1. The molecule has 0 radical (unpaired) electrons. The van der Waals surface area contributed by atoms with Gasteiger partial charge in [-0.15, -0.1) is 0 Å². The average Bonchev–Trinajstić information content (AvgIpc) is 3.41. The number of unbranched alkanes of at least 4 members (excludes halogenated alkanes) is 1. The second kappa shape index (κ2) is 13.0. The van der Waals surface area contributed by atoms with Crippen LogP contribution in [0.25, 0.3) is 22.0 Å². The SMILES string of the molecule is CC(C)(C)OC(=O)NCCCC[C@H](NC(=O)OCc1ccccc1)c1ncc(-c2ccc3ccccc3c2)[nH]1. The molecule has 8 nitrogen and oxygen atoms in total. The number of imidazole rings is 1. The van der Waals surface area contributed by atoms with Gasteiger partial charge in [0.2, 0.25) is 0 Å². The molecule has 39 heavy (non-hydrogen) atoms. The van der Waals surface area contributed by atoms with Crippen LogP contribution in [0.3, 0.4) is 0 Å². The number of nitrogens with zero attached hydrogens (tertiary/aromatic N) is 1. The molecule has 1 atom stereocenters. The lowest BCUT2D eigenvalue weighted by Crippen LogP contribution is -2.33. The fraction of sp³-hybridized carbons (Fsp3) is 0.323. The molecule has 204 valence electrons. The van der Waals surface area contributed by atoms with Crippen LogP contribution in [0.15, 0.2) is 79.0 Å². The highest BCUT2D eigenvalue weighted by Gasteiger charge is 2.20. The van der Waals surface area contributed by atoms with Crippen LogP contribution in [0.2, 0.25) is 0 Å². The quantitative estimate of drug-likeness (QED) is 0.194. The zero-order valence-corrected chi connectivity index (χ0v) is 22.7. The molecule has 0 fully saturated rings. The van der Waals surface area contributed by atoms with Gasteiger partial charge in [-0.1, -0.05) is 66.7 Å². The highest BCUT2D eigenvalue weighted by molar-refractivity contribution is 5.86. The number of benzene rings is 3. The first-order valence-electron chi connectivity index (χ1n) is 13.2. The molecule has 4 aromatic rings. The van der Waals surface area contributed by atoms with Crippen molar-refractivity contribution in [2.45, 2.75) is 58.3 Å². The number of aromatic nitrogens is 2. The van der Waals surface area contributed by atoms with E-state index in [1.807, 2.05) is 63.2 Å². The molecule has 0 aliphatic carbocycles. The number of H-pyrrole nitrogens is 1. The molecule has 0 saturated carbocycles. The Morgan fingerprint density at radius 2 is 1.67 bits per heavy atom. The number of nitrogens with one attached hydrogen (secondary N) is 3. The molecular weight excluding hydrogens is 492 g/mol. The lowest BCUT2D eigenvalue weighted by atomic mass is 10.1. The van der Waals surface area contributed by atoms with E-state index in [9.17, 15) is 9.59 Å². The lowest BCUT2D eigenvalue weighted by molar-refractivity contribution is 0.0527. The molecule has 0 aliphatic rings. The molecule has 4 rings (SSSR count). The van der Waals surface area contributed by atoms with Gasteiger partial charge in [0, 0.05) is 12.1 Å². The largest absolute Gasteiger partial charge is 0.445 e. The highest BCUT2D eigenvalue weighted by atomic mass is 16.6. The number of hydrogen-bond donors (Lipinski definition) is 3. The fourth-order valence-electron chi connectivity index (χ4n) is 4.18. The van der Waals surface area contributed by atoms with E-state index in [1.165, 1.54) is 5.39 Å². The lowest BCUT2D eigenvalue weighted by Gasteiger charge is -2.20. The Morgan fingerprint density at radius 3 is 2.44 bits per heavy atom. The summed E-state index contributed by atoms with van der Waals surface area (Å²) in [6.45, 7) is 6.14. The van der Waals surface area contributed by atoms with E-state index in [0.717, 1.165) is 28.6 Å². The van der Waals surface area contributed by atoms with E-state index in [2.05, 4.69) is 50.9 Å². The Hall–Kier alpha value is -4.33. The van der Waals surface area contributed by atoms with Gasteiger partial charge in [-0.3, -0.25) is 0 Å². The molecule has 3 N–H and O–H groups in total. The van der Waals surface area contributed by atoms with Gasteiger partial charge in [0.05, 0.1) is 17.9 Å². The zero-order valence-electron chi connectivity index (χ0n) is 22.7. The van der Waals surface area contributed by atoms with Crippen molar-refractivity contribution >= 4 is 23.0 Å². The third-order valence-electron chi connectivity index (χ3n) is 6.08. The van der Waals surface area contributed by atoms with Crippen LogP contribution in [0.5, 0.6) is 0 Å². The molecule has 1 aromatic heterocycles. The summed E-state index contributed by atoms with van der Waals surface area (Å²) in [4.78, 5) is 32.6. The number of carbonyl (C=O) groups is 2. The molecule has 8 heteroatoms. The first kappa shape index (κ1) is 27.7. The summed E-state index contributed by atoms with van der Waals surface area (Å²) in [7, 11) is 0. The molecule has 0 unspecified atom stereocenters. The number of hydrogen-bond acceptors (Lipinski definition) is 5. The second-order valence-corrected chi connectivity index (χ2v) is 10.4. The van der Waals surface area contributed by atoms with Crippen molar-refractivity contribution in [3.8, 4) is 11.3 Å². The number of ether oxygens (including phenoxy) is 2. The first-order valence-corrected chi connectivity index (χ1v) is 13.2. The van der Waals surface area contributed by atoms with Crippen molar-refractivity contribution in [1.29, 1.82) is 0 Å². The maximum atomic E-state index is 12.7.